The maximum absolute atomic E-state index is 12.1. The molecule has 0 fully saturated rings. The lowest BCUT2D eigenvalue weighted by molar-refractivity contribution is 0.0956. The lowest BCUT2D eigenvalue weighted by Crippen LogP contribution is -2.28. The number of carbonyl (C=O) groups is 1. The Balaban J connectivity index is 1.50. The van der Waals surface area contributed by atoms with Crippen molar-refractivity contribution >= 4 is 57.9 Å². The minimum absolute atomic E-state index is 0.263. The lowest BCUT2D eigenvalue weighted by Gasteiger charge is -2.09. The summed E-state index contributed by atoms with van der Waals surface area (Å²) in [5, 5.41) is 9.03. The van der Waals surface area contributed by atoms with Crippen LogP contribution in [-0.4, -0.2) is 33.9 Å². The number of nitrogens with zero attached hydrogens (tertiary/aromatic N) is 3. The Kier molecular flexibility index (Phi) is 6.44. The molecule has 3 heterocycles. The molecule has 0 atom stereocenters. The normalized spacial score (nSPS) is 10.5. The van der Waals surface area contributed by atoms with Gasteiger partial charge in [-0.3, -0.25) is 4.79 Å². The predicted octanol–water partition coefficient (Wildman–Crippen LogP) is 4.13. The average molecular weight is 423 g/mol. The smallest absolute Gasteiger partial charge is 0.253 e. The van der Waals surface area contributed by atoms with Crippen molar-refractivity contribution in [2.45, 2.75) is 6.92 Å². The second-order valence-electron chi connectivity index (χ2n) is 5.55. The highest BCUT2D eigenvalue weighted by atomic mass is 35.5. The van der Waals surface area contributed by atoms with E-state index in [9.17, 15) is 4.79 Å². The van der Waals surface area contributed by atoms with E-state index in [4.69, 9.17) is 23.2 Å². The molecule has 0 aliphatic carbocycles. The van der Waals surface area contributed by atoms with Crippen LogP contribution < -0.4 is 16.0 Å². The highest BCUT2D eigenvalue weighted by molar-refractivity contribution is 7.20. The molecule has 3 aromatic rings. The van der Waals surface area contributed by atoms with Gasteiger partial charge in [-0.05, 0) is 30.7 Å². The topological polar surface area (TPSA) is 91.8 Å². The summed E-state index contributed by atoms with van der Waals surface area (Å²) >= 11 is 13.0. The molecule has 10 heteroatoms. The molecule has 0 radical (unpaired) electrons. The van der Waals surface area contributed by atoms with Crippen molar-refractivity contribution in [3.05, 3.63) is 56.6 Å². The molecule has 7 nitrogen and oxygen atoms in total. The number of halogens is 2. The zero-order valence-electron chi connectivity index (χ0n) is 14.3. The molecule has 0 bridgehead atoms. The third kappa shape index (κ3) is 5.53. The van der Waals surface area contributed by atoms with Crippen molar-refractivity contribution in [3.63, 3.8) is 0 Å². The molecule has 0 spiro atoms. The van der Waals surface area contributed by atoms with E-state index in [0.29, 0.717) is 44.8 Å². The first-order chi connectivity index (χ1) is 13.0. The summed E-state index contributed by atoms with van der Waals surface area (Å²) in [5.41, 5.74) is 1.48. The summed E-state index contributed by atoms with van der Waals surface area (Å²) in [6.07, 6.45) is 3.18. The molecule has 1 amide bonds. The van der Waals surface area contributed by atoms with Gasteiger partial charge in [0.15, 0.2) is 0 Å². The van der Waals surface area contributed by atoms with E-state index in [2.05, 4.69) is 30.9 Å². The van der Waals surface area contributed by atoms with Crippen LogP contribution in [0, 0.1) is 6.92 Å². The van der Waals surface area contributed by atoms with E-state index in [1.807, 2.05) is 19.1 Å². The van der Waals surface area contributed by atoms with E-state index in [1.54, 1.807) is 18.3 Å². The number of thiophene rings is 1. The Morgan fingerprint density at radius 1 is 1.07 bits per heavy atom. The number of hydrogen-bond acceptors (Lipinski definition) is 7. The first kappa shape index (κ1) is 19.3. The molecule has 140 valence electrons. The molecule has 27 heavy (non-hydrogen) atoms. The van der Waals surface area contributed by atoms with Crippen molar-refractivity contribution in [2.24, 2.45) is 0 Å². The van der Waals surface area contributed by atoms with Gasteiger partial charge in [-0.2, -0.15) is 0 Å². The third-order valence-electron chi connectivity index (χ3n) is 3.46. The van der Waals surface area contributed by atoms with Gasteiger partial charge < -0.3 is 16.0 Å². The van der Waals surface area contributed by atoms with Crippen LogP contribution in [0.15, 0.2) is 36.8 Å². The second-order valence-corrected chi connectivity index (χ2v) is 7.84. The number of carbonyl (C=O) groups excluding carboxylic acids is 1. The Hall–Kier alpha value is -2.42. The fourth-order valence-corrected chi connectivity index (χ4v) is 3.67. The molecule has 0 unspecified atom stereocenters. The van der Waals surface area contributed by atoms with Crippen molar-refractivity contribution in [1.82, 2.24) is 20.3 Å². The zero-order chi connectivity index (χ0) is 19.2. The van der Waals surface area contributed by atoms with Crippen molar-refractivity contribution in [2.75, 3.05) is 23.7 Å². The van der Waals surface area contributed by atoms with Crippen molar-refractivity contribution in [1.29, 1.82) is 0 Å². The summed E-state index contributed by atoms with van der Waals surface area (Å²) in [6.45, 7) is 2.88. The van der Waals surface area contributed by atoms with Crippen LogP contribution >= 0.6 is 34.5 Å². The fourth-order valence-electron chi connectivity index (χ4n) is 2.21. The summed E-state index contributed by atoms with van der Waals surface area (Å²) in [4.78, 5) is 24.6. The highest BCUT2D eigenvalue weighted by Crippen LogP contribution is 2.30. The van der Waals surface area contributed by atoms with Crippen LogP contribution in [0.3, 0.4) is 0 Å². The molecule has 0 aliphatic rings. The second kappa shape index (κ2) is 8.98. The number of rotatable bonds is 7. The van der Waals surface area contributed by atoms with Crippen LogP contribution in [0.2, 0.25) is 8.67 Å². The molecule has 0 saturated carbocycles. The minimum atomic E-state index is -0.263. The summed E-state index contributed by atoms with van der Waals surface area (Å²) in [5.74, 6) is 1.69. The minimum Gasteiger partial charge on any atom is -0.368 e. The average Bonchev–Trinajstić information content (AvgIpc) is 2.97. The van der Waals surface area contributed by atoms with Gasteiger partial charge in [0.25, 0.3) is 5.91 Å². The summed E-state index contributed by atoms with van der Waals surface area (Å²) < 4.78 is 0.856. The number of aromatic nitrogens is 3. The van der Waals surface area contributed by atoms with E-state index in [0.717, 1.165) is 16.9 Å². The molecule has 0 saturated heterocycles. The van der Waals surface area contributed by atoms with Crippen LogP contribution in [0.25, 0.3) is 0 Å². The quantitative estimate of drug-likeness (QED) is 0.495. The Morgan fingerprint density at radius 3 is 2.59 bits per heavy atom. The number of nitrogens with one attached hydrogen (secondary N) is 3. The van der Waals surface area contributed by atoms with Gasteiger partial charge in [-0.1, -0.05) is 23.2 Å². The predicted molar refractivity (Wildman–Crippen MR) is 109 cm³/mol. The molecule has 0 aromatic carbocycles. The van der Waals surface area contributed by atoms with Crippen LogP contribution in [0.1, 0.15) is 15.9 Å². The Labute approximate surface area is 170 Å². The molecule has 3 aromatic heterocycles. The summed E-state index contributed by atoms with van der Waals surface area (Å²) in [7, 11) is 0. The molecular formula is C17H16Cl2N6OS. The van der Waals surface area contributed by atoms with E-state index in [1.165, 1.54) is 6.33 Å². The largest absolute Gasteiger partial charge is 0.368 e. The van der Waals surface area contributed by atoms with Crippen LogP contribution in [0.5, 0.6) is 0 Å². The van der Waals surface area contributed by atoms with Gasteiger partial charge in [0.2, 0.25) is 0 Å². The number of pyridine rings is 1. The monoisotopic (exact) mass is 422 g/mol. The maximum atomic E-state index is 12.1. The third-order valence-corrected chi connectivity index (χ3v) is 4.94. The van der Waals surface area contributed by atoms with Gasteiger partial charge in [0.1, 0.15) is 28.1 Å². The lowest BCUT2D eigenvalue weighted by atomic mass is 10.3. The van der Waals surface area contributed by atoms with Crippen molar-refractivity contribution in [3.8, 4) is 0 Å². The van der Waals surface area contributed by atoms with Crippen LogP contribution in [0.4, 0.5) is 17.5 Å². The fraction of sp³-hybridized carbons (Fsp3) is 0.176. The maximum Gasteiger partial charge on any atom is 0.253 e. The summed E-state index contributed by atoms with van der Waals surface area (Å²) in [6, 6.07) is 7.16. The SMILES string of the molecule is Cc1ccnc(Nc2cc(NCCNC(=O)c3cc(Cl)sc3Cl)ncn2)c1. The van der Waals surface area contributed by atoms with Gasteiger partial charge in [-0.25, -0.2) is 15.0 Å². The van der Waals surface area contributed by atoms with E-state index < -0.39 is 0 Å². The first-order valence-electron chi connectivity index (χ1n) is 8.00. The number of aryl methyl sites for hydroxylation is 1. The van der Waals surface area contributed by atoms with Gasteiger partial charge in [0.05, 0.1) is 9.90 Å². The number of hydrogen-bond donors (Lipinski definition) is 3. The molecule has 0 aliphatic heterocycles. The van der Waals surface area contributed by atoms with Crippen molar-refractivity contribution < 1.29 is 4.79 Å². The molecule has 3 rings (SSSR count). The van der Waals surface area contributed by atoms with Gasteiger partial charge in [-0.15, -0.1) is 11.3 Å². The van der Waals surface area contributed by atoms with E-state index in [-0.39, 0.29) is 5.91 Å². The Bertz CT molecular complexity index is 949. The van der Waals surface area contributed by atoms with Gasteiger partial charge in [0, 0.05) is 25.4 Å². The Morgan fingerprint density at radius 2 is 1.85 bits per heavy atom. The zero-order valence-corrected chi connectivity index (χ0v) is 16.6. The van der Waals surface area contributed by atoms with Gasteiger partial charge >= 0.3 is 0 Å². The number of amides is 1. The van der Waals surface area contributed by atoms with E-state index >= 15 is 0 Å². The molecular weight excluding hydrogens is 407 g/mol. The van der Waals surface area contributed by atoms with Crippen LogP contribution in [-0.2, 0) is 0 Å². The number of anilines is 3. The highest BCUT2D eigenvalue weighted by Gasteiger charge is 2.13. The first-order valence-corrected chi connectivity index (χ1v) is 9.57. The standard InChI is InChI=1S/C17H16Cl2N6OS/c1-10-2-3-20-14(6-10)25-15-8-13(23-9-24-15)21-4-5-22-17(26)11-7-12(18)27-16(11)19/h2-3,6-9H,4-5H2,1H3,(H,22,26)(H2,20,21,23,24,25). The molecule has 3 N–H and O–H groups in total.